The zero-order valence-corrected chi connectivity index (χ0v) is 18.8. The molecule has 0 aromatic heterocycles. The van der Waals surface area contributed by atoms with Crippen LogP contribution in [0.3, 0.4) is 0 Å². The highest BCUT2D eigenvalue weighted by molar-refractivity contribution is 7.75. The van der Waals surface area contributed by atoms with Crippen LogP contribution in [0.2, 0.25) is 0 Å². The Morgan fingerprint density at radius 1 is 0.333 bits per heavy atom. The summed E-state index contributed by atoms with van der Waals surface area (Å²) in [4.78, 5) is 0. The Labute approximate surface area is 156 Å². The lowest BCUT2D eigenvalue weighted by Crippen LogP contribution is -2.12. The molecular weight excluding hydrogens is 307 g/mol. The summed E-state index contributed by atoms with van der Waals surface area (Å²) in [5.41, 5.74) is 0. The molecule has 0 aromatic rings. The van der Waals surface area contributed by atoms with E-state index in [0.717, 1.165) is 0 Å². The van der Waals surface area contributed by atoms with Crippen molar-refractivity contribution in [2.45, 2.75) is 124 Å². The first-order valence-electron chi connectivity index (χ1n) is 11.6. The molecule has 0 bridgehead atoms. The zero-order chi connectivity index (χ0) is 17.9. The molecule has 1 heteroatoms. The molecule has 0 N–H and O–H groups in total. The molecule has 0 amide bonds. The van der Waals surface area contributed by atoms with Crippen LogP contribution in [0.4, 0.5) is 0 Å². The van der Waals surface area contributed by atoms with Crippen LogP contribution >= 0.6 is 7.26 Å². The third-order valence-electron chi connectivity index (χ3n) is 5.66. The Morgan fingerprint density at radius 3 is 1.12 bits per heavy atom. The van der Waals surface area contributed by atoms with Gasteiger partial charge in [0, 0.05) is 7.26 Å². The second-order valence-electron chi connectivity index (χ2n) is 8.13. The topological polar surface area (TPSA) is 0 Å². The smallest absolute Gasteiger partial charge is 0.0594 e. The minimum absolute atomic E-state index is 0.603. The first-order valence-corrected chi connectivity index (χ1v) is 14.1. The van der Waals surface area contributed by atoms with Gasteiger partial charge in [0.1, 0.15) is 0 Å². The van der Waals surface area contributed by atoms with Crippen molar-refractivity contribution in [3.8, 4) is 0 Å². The molecule has 0 nitrogen and oxygen atoms in total. The average molecular weight is 358 g/mol. The summed E-state index contributed by atoms with van der Waals surface area (Å²) in [6, 6.07) is 0. The zero-order valence-electron chi connectivity index (χ0n) is 17.9. The minimum Gasteiger partial charge on any atom is -0.0654 e. The highest BCUT2D eigenvalue weighted by Gasteiger charge is 2.34. The molecule has 0 aliphatic heterocycles. The van der Waals surface area contributed by atoms with E-state index < -0.39 is 7.26 Å². The van der Waals surface area contributed by atoms with Gasteiger partial charge in [-0.05, 0) is 32.1 Å². The first kappa shape index (κ1) is 24.4. The molecule has 0 spiro atoms. The van der Waals surface area contributed by atoms with Crippen LogP contribution < -0.4 is 0 Å². The Kier molecular flexibility index (Phi) is 18.6. The fraction of sp³-hybridized carbons (Fsp3) is 1.00. The van der Waals surface area contributed by atoms with Gasteiger partial charge in [-0.3, -0.25) is 0 Å². The van der Waals surface area contributed by atoms with Crippen LogP contribution in [-0.4, -0.2) is 24.6 Å². The van der Waals surface area contributed by atoms with E-state index in [1.807, 2.05) is 0 Å². The molecule has 0 aromatic carbocycles. The van der Waals surface area contributed by atoms with Crippen molar-refractivity contribution in [2.24, 2.45) is 0 Å². The van der Waals surface area contributed by atoms with Crippen LogP contribution in [0, 0.1) is 0 Å². The molecule has 24 heavy (non-hydrogen) atoms. The summed E-state index contributed by atoms with van der Waals surface area (Å²) in [7, 11) is -0.603. The van der Waals surface area contributed by atoms with Gasteiger partial charge in [-0.15, -0.1) is 0 Å². The van der Waals surface area contributed by atoms with Crippen LogP contribution in [0.1, 0.15) is 124 Å². The maximum atomic E-state index is 2.42. The largest absolute Gasteiger partial charge is 0.0654 e. The molecule has 0 heterocycles. The van der Waals surface area contributed by atoms with Gasteiger partial charge in [-0.25, -0.2) is 0 Å². The number of unbranched alkanes of at least 4 members (excludes halogenated alkanes) is 11. The third-order valence-corrected chi connectivity index (χ3v) is 10.8. The van der Waals surface area contributed by atoms with Crippen molar-refractivity contribution in [3.63, 3.8) is 0 Å². The van der Waals surface area contributed by atoms with Crippen molar-refractivity contribution < 1.29 is 0 Å². The predicted molar refractivity (Wildman–Crippen MR) is 118 cm³/mol. The molecule has 0 saturated heterocycles. The molecule has 0 unspecified atom stereocenters. The Hall–Kier alpha value is 0.430. The molecule has 0 aliphatic rings. The Morgan fingerprint density at radius 2 is 0.708 bits per heavy atom. The summed E-state index contributed by atoms with van der Waals surface area (Å²) >= 11 is 0. The van der Waals surface area contributed by atoms with Crippen molar-refractivity contribution in [1.29, 1.82) is 0 Å². The number of rotatable bonds is 19. The number of hydrogen-bond acceptors (Lipinski definition) is 0. The van der Waals surface area contributed by atoms with Gasteiger partial charge in [0.2, 0.25) is 0 Å². The van der Waals surface area contributed by atoms with Crippen molar-refractivity contribution in [3.05, 3.63) is 0 Å². The molecule has 146 valence electrons. The highest BCUT2D eigenvalue weighted by atomic mass is 31.2. The Balaban J connectivity index is 3.90. The van der Waals surface area contributed by atoms with E-state index in [9.17, 15) is 0 Å². The molecular formula is C23H50P+. The molecule has 0 atom stereocenters. The summed E-state index contributed by atoms with van der Waals surface area (Å²) < 4.78 is 0. The lowest BCUT2D eigenvalue weighted by atomic mass is 10.1. The molecule has 0 rings (SSSR count). The van der Waals surface area contributed by atoms with Gasteiger partial charge < -0.3 is 0 Å². The first-order chi connectivity index (χ1) is 11.7. The average Bonchev–Trinajstić information content (AvgIpc) is 2.60. The third kappa shape index (κ3) is 13.7. The standard InChI is InChI=1S/C23H50P/c1-5-9-12-13-14-15-16-17-18-19-23-24(20-8-4,21-10-6-2)22-11-7-3/h5-23H2,1-4H3/q+1. The van der Waals surface area contributed by atoms with Crippen LogP contribution in [0.15, 0.2) is 0 Å². The van der Waals surface area contributed by atoms with E-state index in [-0.39, 0.29) is 0 Å². The van der Waals surface area contributed by atoms with E-state index in [1.165, 1.54) is 96.3 Å². The van der Waals surface area contributed by atoms with Crippen molar-refractivity contribution in [1.82, 2.24) is 0 Å². The van der Waals surface area contributed by atoms with Crippen LogP contribution in [0.5, 0.6) is 0 Å². The summed E-state index contributed by atoms with van der Waals surface area (Å²) in [5.74, 6) is 0. The van der Waals surface area contributed by atoms with E-state index >= 15 is 0 Å². The van der Waals surface area contributed by atoms with Crippen molar-refractivity contribution in [2.75, 3.05) is 24.6 Å². The van der Waals surface area contributed by atoms with E-state index in [0.29, 0.717) is 0 Å². The van der Waals surface area contributed by atoms with Crippen LogP contribution in [0.25, 0.3) is 0 Å². The maximum Gasteiger partial charge on any atom is 0.0594 e. The summed E-state index contributed by atoms with van der Waals surface area (Å²) in [6.07, 6.45) is 28.4. The molecule has 0 radical (unpaired) electrons. The van der Waals surface area contributed by atoms with E-state index in [4.69, 9.17) is 0 Å². The van der Waals surface area contributed by atoms with Gasteiger partial charge >= 0.3 is 0 Å². The summed E-state index contributed by atoms with van der Waals surface area (Å²) in [5, 5.41) is 0. The molecule has 0 aliphatic carbocycles. The van der Waals surface area contributed by atoms with E-state index in [1.54, 1.807) is 24.6 Å². The van der Waals surface area contributed by atoms with Gasteiger partial charge in [0.25, 0.3) is 0 Å². The Bertz CT molecular complexity index is 228. The lowest BCUT2D eigenvalue weighted by Gasteiger charge is -2.27. The van der Waals surface area contributed by atoms with E-state index in [2.05, 4.69) is 27.7 Å². The summed E-state index contributed by atoms with van der Waals surface area (Å²) in [6.45, 7) is 9.48. The molecule has 0 fully saturated rings. The highest BCUT2D eigenvalue weighted by Crippen LogP contribution is 2.61. The predicted octanol–water partition coefficient (Wildman–Crippen LogP) is 8.94. The fourth-order valence-corrected chi connectivity index (χ4v) is 9.23. The number of hydrogen-bond donors (Lipinski definition) is 0. The van der Waals surface area contributed by atoms with Crippen LogP contribution in [-0.2, 0) is 0 Å². The molecule has 0 saturated carbocycles. The monoisotopic (exact) mass is 357 g/mol. The minimum atomic E-state index is -0.603. The van der Waals surface area contributed by atoms with Crippen molar-refractivity contribution >= 4 is 7.26 Å². The van der Waals surface area contributed by atoms with Gasteiger partial charge in [0.15, 0.2) is 0 Å². The SMILES string of the molecule is CCCCCCCCCCCC[P+](CCC)(CCCC)CCCC. The second kappa shape index (κ2) is 18.2. The quantitative estimate of drug-likeness (QED) is 0.160. The van der Waals surface area contributed by atoms with Gasteiger partial charge in [0.05, 0.1) is 24.6 Å². The van der Waals surface area contributed by atoms with Gasteiger partial charge in [-0.1, -0.05) is 91.9 Å². The van der Waals surface area contributed by atoms with Gasteiger partial charge in [-0.2, -0.15) is 0 Å². The lowest BCUT2D eigenvalue weighted by molar-refractivity contribution is 0.562. The fourth-order valence-electron chi connectivity index (χ4n) is 4.07. The normalized spacial score (nSPS) is 12.0. The maximum absolute atomic E-state index is 2.42. The second-order valence-corrected chi connectivity index (χ2v) is 12.6.